The van der Waals surface area contributed by atoms with Gasteiger partial charge in [-0.05, 0) is 43.0 Å². The molecule has 0 radical (unpaired) electrons. The molecule has 1 aromatic rings. The Morgan fingerprint density at radius 2 is 2.00 bits per heavy atom. The molecular formula is C16H26N2O2. The fourth-order valence-corrected chi connectivity index (χ4v) is 1.91. The molecule has 1 rings (SSSR count). The Bertz CT molecular complexity index is 470. The summed E-state index contributed by atoms with van der Waals surface area (Å²) in [5.74, 6) is 0.734. The van der Waals surface area contributed by atoms with Gasteiger partial charge in [-0.1, -0.05) is 26.0 Å². The van der Waals surface area contributed by atoms with Crippen LogP contribution in [0.25, 0.3) is 0 Å². The Hall–Kier alpha value is -1.55. The van der Waals surface area contributed by atoms with E-state index >= 15 is 0 Å². The van der Waals surface area contributed by atoms with Crippen LogP contribution in [-0.4, -0.2) is 37.6 Å². The van der Waals surface area contributed by atoms with Gasteiger partial charge in [0.1, 0.15) is 5.75 Å². The zero-order chi connectivity index (χ0) is 15.3. The monoisotopic (exact) mass is 278 g/mol. The molecule has 4 nitrogen and oxygen atoms in total. The van der Waals surface area contributed by atoms with Crippen LogP contribution in [0, 0.1) is 19.3 Å². The summed E-state index contributed by atoms with van der Waals surface area (Å²) in [6.45, 7) is 9.29. The maximum Gasteiger partial charge on any atom is 0.260 e. The first kappa shape index (κ1) is 16.5. The van der Waals surface area contributed by atoms with Gasteiger partial charge >= 0.3 is 0 Å². The largest absolute Gasteiger partial charge is 0.483 e. The van der Waals surface area contributed by atoms with Gasteiger partial charge in [0, 0.05) is 13.6 Å². The molecule has 0 saturated carbocycles. The molecule has 1 aromatic carbocycles. The Balaban J connectivity index is 2.57. The van der Waals surface area contributed by atoms with Crippen LogP contribution < -0.4 is 10.5 Å². The molecule has 112 valence electrons. The number of hydrogen-bond acceptors (Lipinski definition) is 3. The van der Waals surface area contributed by atoms with Crippen LogP contribution in [0.2, 0.25) is 0 Å². The Kier molecular flexibility index (Phi) is 5.57. The number of amides is 1. The number of ether oxygens (including phenoxy) is 1. The molecule has 0 fully saturated rings. The first-order valence-electron chi connectivity index (χ1n) is 6.89. The second kappa shape index (κ2) is 6.75. The highest BCUT2D eigenvalue weighted by atomic mass is 16.5. The highest BCUT2D eigenvalue weighted by molar-refractivity contribution is 5.77. The average molecular weight is 278 g/mol. The van der Waals surface area contributed by atoms with Crippen molar-refractivity contribution in [1.82, 2.24) is 4.90 Å². The van der Waals surface area contributed by atoms with E-state index in [-0.39, 0.29) is 17.9 Å². The molecule has 20 heavy (non-hydrogen) atoms. The highest BCUT2D eigenvalue weighted by Gasteiger charge is 2.21. The molecule has 2 N–H and O–H groups in total. The van der Waals surface area contributed by atoms with Crippen LogP contribution in [0.1, 0.15) is 25.0 Å². The van der Waals surface area contributed by atoms with Crippen molar-refractivity contribution in [2.24, 2.45) is 11.1 Å². The van der Waals surface area contributed by atoms with Gasteiger partial charge in [0.2, 0.25) is 0 Å². The first-order chi connectivity index (χ1) is 9.25. The number of rotatable bonds is 6. The summed E-state index contributed by atoms with van der Waals surface area (Å²) in [7, 11) is 1.78. The van der Waals surface area contributed by atoms with Crippen LogP contribution >= 0.6 is 0 Å². The lowest BCUT2D eigenvalue weighted by Crippen LogP contribution is -2.41. The lowest BCUT2D eigenvalue weighted by Gasteiger charge is -2.29. The minimum absolute atomic E-state index is 0.0348. The van der Waals surface area contributed by atoms with Crippen molar-refractivity contribution in [2.75, 3.05) is 26.7 Å². The minimum atomic E-state index is -0.0797. The topological polar surface area (TPSA) is 55.6 Å². The summed E-state index contributed by atoms with van der Waals surface area (Å²) in [5.41, 5.74) is 7.76. The van der Waals surface area contributed by atoms with E-state index in [1.807, 2.05) is 45.9 Å². The Labute approximate surface area is 121 Å². The van der Waals surface area contributed by atoms with E-state index in [4.69, 9.17) is 10.5 Å². The number of nitrogens with zero attached hydrogens (tertiary/aromatic N) is 1. The number of nitrogens with two attached hydrogens (primary N) is 1. The van der Waals surface area contributed by atoms with E-state index in [1.54, 1.807) is 11.9 Å². The molecule has 0 atom stereocenters. The predicted molar refractivity (Wildman–Crippen MR) is 81.9 cm³/mol. The standard InChI is InChI=1S/C16H26N2O2/c1-12-6-7-13(2)14(8-12)20-9-15(19)18(5)11-16(3,4)10-17/h6-8H,9-11,17H2,1-5H3. The van der Waals surface area contributed by atoms with Crippen LogP contribution in [0.15, 0.2) is 18.2 Å². The van der Waals surface area contributed by atoms with Gasteiger partial charge in [-0.2, -0.15) is 0 Å². The molecule has 0 aliphatic heterocycles. The van der Waals surface area contributed by atoms with E-state index in [1.165, 1.54) is 0 Å². The van der Waals surface area contributed by atoms with Crippen LogP contribution in [0.4, 0.5) is 0 Å². The van der Waals surface area contributed by atoms with Gasteiger partial charge in [-0.25, -0.2) is 0 Å². The molecule has 0 saturated heterocycles. The number of likely N-dealkylation sites (N-methyl/N-ethyl adjacent to an activating group) is 1. The fourth-order valence-electron chi connectivity index (χ4n) is 1.91. The second-order valence-corrected chi connectivity index (χ2v) is 6.18. The molecule has 0 aliphatic carbocycles. The molecule has 4 heteroatoms. The highest BCUT2D eigenvalue weighted by Crippen LogP contribution is 2.19. The maximum absolute atomic E-state index is 12.1. The fraction of sp³-hybridized carbons (Fsp3) is 0.562. The molecule has 0 heterocycles. The zero-order valence-corrected chi connectivity index (χ0v) is 13.2. The summed E-state index contributed by atoms with van der Waals surface area (Å²) in [6, 6.07) is 5.97. The quantitative estimate of drug-likeness (QED) is 0.867. The van der Waals surface area contributed by atoms with Gasteiger partial charge in [-0.15, -0.1) is 0 Å². The third kappa shape index (κ3) is 4.85. The van der Waals surface area contributed by atoms with Crippen LogP contribution in [0.3, 0.4) is 0 Å². The van der Waals surface area contributed by atoms with Crippen molar-refractivity contribution in [3.63, 3.8) is 0 Å². The summed E-state index contributed by atoms with van der Waals surface area (Å²) < 4.78 is 5.63. The lowest BCUT2D eigenvalue weighted by atomic mass is 9.93. The SMILES string of the molecule is Cc1ccc(C)c(OCC(=O)N(C)CC(C)(C)CN)c1. The molecule has 0 spiro atoms. The average Bonchev–Trinajstić information content (AvgIpc) is 2.39. The van der Waals surface area contributed by atoms with Gasteiger partial charge in [0.15, 0.2) is 6.61 Å². The van der Waals surface area contributed by atoms with Crippen molar-refractivity contribution >= 4 is 5.91 Å². The molecule has 0 aliphatic rings. The summed E-state index contributed by atoms with van der Waals surface area (Å²) in [4.78, 5) is 13.7. The van der Waals surface area contributed by atoms with Gasteiger partial charge < -0.3 is 15.4 Å². The number of hydrogen-bond donors (Lipinski definition) is 1. The third-order valence-corrected chi connectivity index (χ3v) is 3.34. The van der Waals surface area contributed by atoms with E-state index in [0.29, 0.717) is 13.1 Å². The Morgan fingerprint density at radius 1 is 1.35 bits per heavy atom. The van der Waals surface area contributed by atoms with E-state index in [9.17, 15) is 4.79 Å². The molecule has 1 amide bonds. The summed E-state index contributed by atoms with van der Waals surface area (Å²) in [5, 5.41) is 0. The molecule has 0 bridgehead atoms. The van der Waals surface area contributed by atoms with Crippen molar-refractivity contribution in [2.45, 2.75) is 27.7 Å². The Morgan fingerprint density at radius 3 is 2.60 bits per heavy atom. The number of aryl methyl sites for hydroxylation is 2. The van der Waals surface area contributed by atoms with Crippen molar-refractivity contribution in [1.29, 1.82) is 0 Å². The van der Waals surface area contributed by atoms with Crippen LogP contribution in [0.5, 0.6) is 5.75 Å². The normalized spacial score (nSPS) is 11.3. The van der Waals surface area contributed by atoms with E-state index in [2.05, 4.69) is 0 Å². The number of carbonyl (C=O) groups excluding carboxylic acids is 1. The molecule has 0 aromatic heterocycles. The van der Waals surface area contributed by atoms with Crippen molar-refractivity contribution < 1.29 is 9.53 Å². The lowest BCUT2D eigenvalue weighted by molar-refractivity contribution is -0.133. The number of carbonyl (C=O) groups is 1. The van der Waals surface area contributed by atoms with Gasteiger partial charge in [-0.3, -0.25) is 4.79 Å². The minimum Gasteiger partial charge on any atom is -0.483 e. The van der Waals surface area contributed by atoms with Crippen molar-refractivity contribution in [3.05, 3.63) is 29.3 Å². The summed E-state index contributed by atoms with van der Waals surface area (Å²) in [6.07, 6.45) is 0. The molecular weight excluding hydrogens is 252 g/mol. The first-order valence-corrected chi connectivity index (χ1v) is 6.89. The van der Waals surface area contributed by atoms with Crippen LogP contribution in [-0.2, 0) is 4.79 Å². The van der Waals surface area contributed by atoms with E-state index in [0.717, 1.165) is 16.9 Å². The predicted octanol–water partition coefficient (Wildman–Crippen LogP) is 2.13. The van der Waals surface area contributed by atoms with Gasteiger partial charge in [0.05, 0.1) is 0 Å². The summed E-state index contributed by atoms with van der Waals surface area (Å²) >= 11 is 0. The smallest absolute Gasteiger partial charge is 0.260 e. The van der Waals surface area contributed by atoms with Gasteiger partial charge in [0.25, 0.3) is 5.91 Å². The molecule has 0 unspecified atom stereocenters. The third-order valence-electron chi connectivity index (χ3n) is 3.34. The second-order valence-electron chi connectivity index (χ2n) is 6.18. The zero-order valence-electron chi connectivity index (χ0n) is 13.2. The maximum atomic E-state index is 12.1. The van der Waals surface area contributed by atoms with Crippen molar-refractivity contribution in [3.8, 4) is 5.75 Å². The number of benzene rings is 1. The van der Waals surface area contributed by atoms with E-state index < -0.39 is 0 Å².